The first-order valence-electron chi connectivity index (χ1n) is 6.50. The molecular weight excluding hydrogens is 240 g/mol. The summed E-state index contributed by atoms with van der Waals surface area (Å²) in [5, 5.41) is 12.1. The molecule has 0 amide bonds. The maximum Gasteiger partial charge on any atom is 0.0546 e. The molecule has 1 aromatic heterocycles. The van der Waals surface area contributed by atoms with Crippen LogP contribution in [0.15, 0.2) is 41.8 Å². The Balaban J connectivity index is 1.71. The third-order valence-corrected chi connectivity index (χ3v) is 4.13. The van der Waals surface area contributed by atoms with Crippen molar-refractivity contribution in [2.24, 2.45) is 0 Å². The lowest BCUT2D eigenvalue weighted by Gasteiger charge is -2.09. The Bertz CT molecular complexity index is 444. The second kappa shape index (κ2) is 6.72. The van der Waals surface area contributed by atoms with Crippen LogP contribution in [0.2, 0.25) is 0 Å². The standard InChI is InChI=1S/C16H20OS/c1-13-4-6-14(7-5-13)8-9-15(17)10-11-16-3-2-12-18-16/h2-7,12,15,17H,8-11H2,1H3. The second-order valence-electron chi connectivity index (χ2n) is 4.80. The van der Waals surface area contributed by atoms with Gasteiger partial charge in [0.1, 0.15) is 0 Å². The number of aliphatic hydroxyl groups excluding tert-OH is 1. The predicted octanol–water partition coefficient (Wildman–Crippen LogP) is 3.98. The van der Waals surface area contributed by atoms with E-state index in [4.69, 9.17) is 0 Å². The normalized spacial score (nSPS) is 12.6. The number of hydrogen-bond acceptors (Lipinski definition) is 2. The van der Waals surface area contributed by atoms with Gasteiger partial charge in [0.05, 0.1) is 6.10 Å². The van der Waals surface area contributed by atoms with E-state index in [1.165, 1.54) is 16.0 Å². The summed E-state index contributed by atoms with van der Waals surface area (Å²) in [6.45, 7) is 2.10. The minimum atomic E-state index is -0.187. The number of benzene rings is 1. The van der Waals surface area contributed by atoms with Crippen LogP contribution in [0, 0.1) is 6.92 Å². The summed E-state index contributed by atoms with van der Waals surface area (Å²) in [6.07, 6.45) is 3.49. The molecule has 1 atom stereocenters. The molecule has 1 nitrogen and oxygen atoms in total. The van der Waals surface area contributed by atoms with Crippen molar-refractivity contribution in [2.45, 2.75) is 38.7 Å². The lowest BCUT2D eigenvalue weighted by molar-refractivity contribution is 0.155. The van der Waals surface area contributed by atoms with E-state index < -0.39 is 0 Å². The van der Waals surface area contributed by atoms with E-state index in [2.05, 4.69) is 48.7 Å². The smallest absolute Gasteiger partial charge is 0.0546 e. The fourth-order valence-corrected chi connectivity index (χ4v) is 2.72. The highest BCUT2D eigenvalue weighted by Crippen LogP contribution is 2.14. The highest BCUT2D eigenvalue weighted by molar-refractivity contribution is 7.09. The molecule has 0 aliphatic rings. The van der Waals surface area contributed by atoms with Gasteiger partial charge in [-0.1, -0.05) is 35.9 Å². The quantitative estimate of drug-likeness (QED) is 0.833. The average molecular weight is 260 g/mol. The van der Waals surface area contributed by atoms with Crippen LogP contribution in [0.5, 0.6) is 0 Å². The molecule has 1 unspecified atom stereocenters. The van der Waals surface area contributed by atoms with Crippen LogP contribution in [0.4, 0.5) is 0 Å². The second-order valence-corrected chi connectivity index (χ2v) is 5.83. The Morgan fingerprint density at radius 1 is 1.06 bits per heavy atom. The molecule has 2 heteroatoms. The number of aryl methyl sites for hydroxylation is 3. The zero-order chi connectivity index (χ0) is 12.8. The Labute approximate surface area is 113 Å². The van der Waals surface area contributed by atoms with Crippen molar-refractivity contribution in [3.05, 3.63) is 57.8 Å². The van der Waals surface area contributed by atoms with E-state index in [0.717, 1.165) is 25.7 Å². The summed E-state index contributed by atoms with van der Waals surface area (Å²) >= 11 is 1.77. The molecule has 2 rings (SSSR count). The van der Waals surface area contributed by atoms with Gasteiger partial charge in [0.2, 0.25) is 0 Å². The van der Waals surface area contributed by atoms with E-state index in [-0.39, 0.29) is 6.10 Å². The number of aliphatic hydroxyl groups is 1. The lowest BCUT2D eigenvalue weighted by atomic mass is 10.0. The molecule has 0 saturated carbocycles. The lowest BCUT2D eigenvalue weighted by Crippen LogP contribution is -2.09. The Morgan fingerprint density at radius 2 is 1.78 bits per heavy atom. The highest BCUT2D eigenvalue weighted by atomic mass is 32.1. The average Bonchev–Trinajstić information content (AvgIpc) is 2.89. The van der Waals surface area contributed by atoms with Crippen molar-refractivity contribution >= 4 is 11.3 Å². The van der Waals surface area contributed by atoms with Gasteiger partial charge in [-0.05, 0) is 49.6 Å². The maximum absolute atomic E-state index is 9.97. The fraction of sp³-hybridized carbons (Fsp3) is 0.375. The van der Waals surface area contributed by atoms with Crippen molar-refractivity contribution < 1.29 is 5.11 Å². The van der Waals surface area contributed by atoms with Crippen LogP contribution in [-0.2, 0) is 12.8 Å². The molecule has 18 heavy (non-hydrogen) atoms. The summed E-state index contributed by atoms with van der Waals surface area (Å²) in [7, 11) is 0. The molecular formula is C16H20OS. The molecule has 0 fully saturated rings. The first kappa shape index (κ1) is 13.3. The van der Waals surface area contributed by atoms with Crippen molar-refractivity contribution in [3.63, 3.8) is 0 Å². The van der Waals surface area contributed by atoms with Crippen molar-refractivity contribution in [3.8, 4) is 0 Å². The van der Waals surface area contributed by atoms with Gasteiger partial charge in [-0.25, -0.2) is 0 Å². The minimum absolute atomic E-state index is 0.187. The van der Waals surface area contributed by atoms with E-state index >= 15 is 0 Å². The minimum Gasteiger partial charge on any atom is -0.393 e. The van der Waals surface area contributed by atoms with Gasteiger partial charge in [-0.15, -0.1) is 11.3 Å². The van der Waals surface area contributed by atoms with Gasteiger partial charge < -0.3 is 5.11 Å². The molecule has 2 aromatic rings. The molecule has 0 bridgehead atoms. The third kappa shape index (κ3) is 4.28. The number of hydrogen-bond donors (Lipinski definition) is 1. The van der Waals surface area contributed by atoms with Crippen LogP contribution >= 0.6 is 11.3 Å². The van der Waals surface area contributed by atoms with Crippen LogP contribution in [-0.4, -0.2) is 11.2 Å². The molecule has 0 aliphatic heterocycles. The van der Waals surface area contributed by atoms with Gasteiger partial charge >= 0.3 is 0 Å². The zero-order valence-corrected chi connectivity index (χ0v) is 11.6. The zero-order valence-electron chi connectivity index (χ0n) is 10.8. The molecule has 1 heterocycles. The van der Waals surface area contributed by atoms with Crippen LogP contribution in [0.25, 0.3) is 0 Å². The highest BCUT2D eigenvalue weighted by Gasteiger charge is 2.05. The largest absolute Gasteiger partial charge is 0.393 e. The topological polar surface area (TPSA) is 20.2 Å². The summed E-state index contributed by atoms with van der Waals surface area (Å²) in [4.78, 5) is 1.37. The van der Waals surface area contributed by atoms with Crippen LogP contribution in [0.3, 0.4) is 0 Å². The van der Waals surface area contributed by atoms with E-state index in [9.17, 15) is 5.11 Å². The Hall–Kier alpha value is -1.12. The Kier molecular flexibility index (Phi) is 4.97. The Morgan fingerprint density at radius 3 is 2.44 bits per heavy atom. The third-order valence-electron chi connectivity index (χ3n) is 3.19. The number of thiophene rings is 1. The van der Waals surface area contributed by atoms with Crippen molar-refractivity contribution in [1.82, 2.24) is 0 Å². The molecule has 0 spiro atoms. The van der Waals surface area contributed by atoms with Gasteiger partial charge in [-0.3, -0.25) is 0 Å². The van der Waals surface area contributed by atoms with Crippen molar-refractivity contribution in [1.29, 1.82) is 0 Å². The van der Waals surface area contributed by atoms with E-state index in [0.29, 0.717) is 0 Å². The molecule has 1 N–H and O–H groups in total. The summed E-state index contributed by atoms with van der Waals surface area (Å²) in [5.41, 5.74) is 2.60. The first-order chi connectivity index (χ1) is 8.74. The predicted molar refractivity (Wildman–Crippen MR) is 78.1 cm³/mol. The van der Waals surface area contributed by atoms with Gasteiger partial charge in [-0.2, -0.15) is 0 Å². The van der Waals surface area contributed by atoms with Crippen LogP contribution < -0.4 is 0 Å². The van der Waals surface area contributed by atoms with Gasteiger partial charge in [0.15, 0.2) is 0 Å². The van der Waals surface area contributed by atoms with Gasteiger partial charge in [0, 0.05) is 4.88 Å². The molecule has 96 valence electrons. The van der Waals surface area contributed by atoms with Crippen LogP contribution in [0.1, 0.15) is 28.8 Å². The molecule has 0 radical (unpaired) electrons. The fourth-order valence-electron chi connectivity index (χ4n) is 2.00. The first-order valence-corrected chi connectivity index (χ1v) is 7.38. The molecule has 0 aliphatic carbocycles. The molecule has 0 saturated heterocycles. The van der Waals surface area contributed by atoms with E-state index in [1.807, 2.05) is 0 Å². The van der Waals surface area contributed by atoms with Gasteiger partial charge in [0.25, 0.3) is 0 Å². The van der Waals surface area contributed by atoms with Crippen molar-refractivity contribution in [2.75, 3.05) is 0 Å². The summed E-state index contributed by atoms with van der Waals surface area (Å²) < 4.78 is 0. The summed E-state index contributed by atoms with van der Waals surface area (Å²) in [6, 6.07) is 12.8. The molecule has 1 aromatic carbocycles. The maximum atomic E-state index is 9.97. The SMILES string of the molecule is Cc1ccc(CCC(O)CCc2cccs2)cc1. The summed E-state index contributed by atoms with van der Waals surface area (Å²) in [5.74, 6) is 0. The van der Waals surface area contributed by atoms with E-state index in [1.54, 1.807) is 11.3 Å². The monoisotopic (exact) mass is 260 g/mol. The number of rotatable bonds is 6.